The van der Waals surface area contributed by atoms with E-state index in [1.807, 2.05) is 0 Å². The fourth-order valence-corrected chi connectivity index (χ4v) is 4.18. The van der Waals surface area contributed by atoms with Gasteiger partial charge in [-0.05, 0) is 39.0 Å². The topological polar surface area (TPSA) is 72.8 Å². The minimum atomic E-state index is -2.59. The molecule has 2 fully saturated rings. The molecular formula is C19H28F2N4O2. The van der Waals surface area contributed by atoms with Gasteiger partial charge in [0.2, 0.25) is 5.92 Å². The highest BCUT2D eigenvalue weighted by atomic mass is 19.3. The summed E-state index contributed by atoms with van der Waals surface area (Å²) in [6, 6.07) is -0.136. The number of nitrogens with zero attached hydrogens (tertiary/aromatic N) is 3. The van der Waals surface area contributed by atoms with Gasteiger partial charge in [0, 0.05) is 19.3 Å². The van der Waals surface area contributed by atoms with Crippen molar-refractivity contribution in [2.75, 3.05) is 6.61 Å². The molecule has 27 heavy (non-hydrogen) atoms. The normalized spacial score (nSPS) is 24.8. The Labute approximate surface area is 157 Å². The smallest absolute Gasteiger partial charge is 0.262 e. The molecule has 0 amide bonds. The zero-order valence-corrected chi connectivity index (χ0v) is 15.1. The van der Waals surface area contributed by atoms with E-state index < -0.39 is 5.92 Å². The Balaban J connectivity index is 0.00000210. The third-order valence-corrected chi connectivity index (χ3v) is 5.52. The number of fused-ring (bicyclic) bond motifs is 1. The number of aromatic nitrogens is 4. The molecule has 4 rings (SSSR count). The molecule has 1 saturated heterocycles. The Morgan fingerprint density at radius 2 is 2.04 bits per heavy atom. The van der Waals surface area contributed by atoms with Gasteiger partial charge in [0.05, 0.1) is 24.4 Å². The number of H-pyrrole nitrogens is 1. The van der Waals surface area contributed by atoms with Crippen molar-refractivity contribution in [2.24, 2.45) is 5.92 Å². The van der Waals surface area contributed by atoms with E-state index in [1.165, 1.54) is 6.20 Å². The van der Waals surface area contributed by atoms with Crippen LogP contribution in [0.15, 0.2) is 11.0 Å². The lowest BCUT2D eigenvalue weighted by molar-refractivity contribution is -0.0446. The van der Waals surface area contributed by atoms with Crippen LogP contribution in [0.2, 0.25) is 0 Å². The van der Waals surface area contributed by atoms with Crippen molar-refractivity contribution in [3.63, 3.8) is 0 Å². The maximum atomic E-state index is 13.4. The summed E-state index contributed by atoms with van der Waals surface area (Å²) in [7, 11) is 0. The zero-order chi connectivity index (χ0) is 18.5. The molecule has 2 aromatic rings. The number of alkyl halides is 2. The average molecular weight is 382 g/mol. The number of aromatic amines is 1. The summed E-state index contributed by atoms with van der Waals surface area (Å²) < 4.78 is 34.3. The van der Waals surface area contributed by atoms with Gasteiger partial charge in [-0.25, -0.2) is 18.4 Å². The lowest BCUT2D eigenvalue weighted by Crippen LogP contribution is -2.27. The highest BCUT2D eigenvalue weighted by Gasteiger charge is 2.36. The molecule has 1 aliphatic heterocycles. The molecule has 2 aromatic heterocycles. The minimum absolute atomic E-state index is 0. The molecule has 150 valence electrons. The largest absolute Gasteiger partial charge is 0.375 e. The molecule has 1 unspecified atom stereocenters. The first-order valence-electron chi connectivity index (χ1n) is 9.21. The van der Waals surface area contributed by atoms with Crippen LogP contribution in [0.5, 0.6) is 0 Å². The number of ether oxygens (including phenoxy) is 1. The van der Waals surface area contributed by atoms with Crippen LogP contribution in [0.4, 0.5) is 8.78 Å². The second-order valence-electron chi connectivity index (χ2n) is 8.27. The van der Waals surface area contributed by atoms with E-state index >= 15 is 0 Å². The standard InChI is InChI=1S/C18H24F2N4O2.CH4/c1-17(2)8-11(10-26-17)7-14-22-15-13(16(25)23-14)9-21-24(15)12-3-5-18(19,20)6-4-12;/h9,11-12H,3-8,10H2,1-2H3,(H,22,23,25);1H4. The van der Waals surface area contributed by atoms with Crippen LogP contribution in [-0.2, 0) is 11.2 Å². The van der Waals surface area contributed by atoms with E-state index in [4.69, 9.17) is 4.74 Å². The first-order chi connectivity index (χ1) is 12.2. The van der Waals surface area contributed by atoms with Crippen molar-refractivity contribution in [1.82, 2.24) is 19.7 Å². The van der Waals surface area contributed by atoms with Crippen molar-refractivity contribution in [2.45, 2.75) is 77.4 Å². The lowest BCUT2D eigenvalue weighted by atomic mass is 9.92. The van der Waals surface area contributed by atoms with E-state index in [2.05, 4.69) is 28.9 Å². The second-order valence-corrected chi connectivity index (χ2v) is 8.27. The summed E-state index contributed by atoms with van der Waals surface area (Å²) in [6.45, 7) is 4.76. The summed E-state index contributed by atoms with van der Waals surface area (Å²) in [4.78, 5) is 19.9. The first kappa shape index (κ1) is 19.9. The summed E-state index contributed by atoms with van der Waals surface area (Å²) in [5.74, 6) is -1.68. The van der Waals surface area contributed by atoms with Gasteiger partial charge in [0.25, 0.3) is 5.56 Å². The van der Waals surface area contributed by atoms with Gasteiger partial charge >= 0.3 is 0 Å². The summed E-state index contributed by atoms with van der Waals surface area (Å²) in [6.07, 6.45) is 3.41. The monoisotopic (exact) mass is 382 g/mol. The Bertz CT molecular complexity index is 864. The Morgan fingerprint density at radius 1 is 1.33 bits per heavy atom. The summed E-state index contributed by atoms with van der Waals surface area (Å²) in [5.41, 5.74) is 0.122. The molecule has 0 radical (unpaired) electrons. The van der Waals surface area contributed by atoms with Crippen molar-refractivity contribution < 1.29 is 13.5 Å². The first-order valence-corrected chi connectivity index (χ1v) is 9.21. The highest BCUT2D eigenvalue weighted by molar-refractivity contribution is 5.73. The fourth-order valence-electron chi connectivity index (χ4n) is 4.18. The molecule has 1 aliphatic carbocycles. The number of rotatable bonds is 3. The zero-order valence-electron chi connectivity index (χ0n) is 15.1. The van der Waals surface area contributed by atoms with Gasteiger partial charge in [-0.15, -0.1) is 0 Å². The van der Waals surface area contributed by atoms with E-state index in [-0.39, 0.29) is 37.5 Å². The lowest BCUT2D eigenvalue weighted by Gasteiger charge is -2.28. The molecule has 0 bridgehead atoms. The average Bonchev–Trinajstić information content (AvgIpc) is 3.11. The fraction of sp³-hybridized carbons (Fsp3) is 0.737. The molecule has 0 spiro atoms. The molecule has 1 N–H and O–H groups in total. The number of halogens is 2. The number of nitrogens with one attached hydrogen (secondary N) is 1. The number of hydrogen-bond donors (Lipinski definition) is 1. The van der Waals surface area contributed by atoms with Crippen LogP contribution in [0.1, 0.15) is 65.2 Å². The maximum Gasteiger partial charge on any atom is 0.262 e. The second kappa shape index (κ2) is 6.96. The van der Waals surface area contributed by atoms with Crippen LogP contribution < -0.4 is 5.56 Å². The Hall–Kier alpha value is -1.83. The SMILES string of the molecule is C.CC1(C)CC(Cc2nc3c(cnn3C3CCC(F)(F)CC3)c(=O)[nH]2)CO1. The molecule has 1 atom stereocenters. The van der Waals surface area contributed by atoms with Gasteiger partial charge in [-0.3, -0.25) is 4.79 Å². The van der Waals surface area contributed by atoms with Crippen molar-refractivity contribution in [1.29, 1.82) is 0 Å². The van der Waals surface area contributed by atoms with E-state index in [0.29, 0.717) is 48.6 Å². The van der Waals surface area contributed by atoms with Gasteiger partial charge in [0.15, 0.2) is 5.65 Å². The molecule has 8 heteroatoms. The molecule has 2 aliphatic rings. The molecule has 1 saturated carbocycles. The van der Waals surface area contributed by atoms with E-state index in [9.17, 15) is 13.6 Å². The summed E-state index contributed by atoms with van der Waals surface area (Å²) >= 11 is 0. The van der Waals surface area contributed by atoms with Crippen LogP contribution in [0, 0.1) is 5.92 Å². The Kier molecular flexibility index (Phi) is 5.14. The molecule has 0 aromatic carbocycles. The quantitative estimate of drug-likeness (QED) is 0.875. The van der Waals surface area contributed by atoms with Crippen molar-refractivity contribution in [3.05, 3.63) is 22.4 Å². The van der Waals surface area contributed by atoms with E-state index in [0.717, 1.165) is 6.42 Å². The Morgan fingerprint density at radius 3 is 2.67 bits per heavy atom. The van der Waals surface area contributed by atoms with Crippen LogP contribution >= 0.6 is 0 Å². The van der Waals surface area contributed by atoms with Gasteiger partial charge < -0.3 is 9.72 Å². The van der Waals surface area contributed by atoms with Gasteiger partial charge in [-0.1, -0.05) is 7.43 Å². The van der Waals surface area contributed by atoms with Crippen LogP contribution in [0.3, 0.4) is 0 Å². The van der Waals surface area contributed by atoms with Gasteiger partial charge in [0.1, 0.15) is 11.2 Å². The highest BCUT2D eigenvalue weighted by Crippen LogP contribution is 2.39. The number of hydrogen-bond acceptors (Lipinski definition) is 4. The third kappa shape index (κ3) is 4.05. The van der Waals surface area contributed by atoms with Crippen molar-refractivity contribution in [3.8, 4) is 0 Å². The predicted octanol–water partition coefficient (Wildman–Crippen LogP) is 3.86. The molecule has 6 nitrogen and oxygen atoms in total. The van der Waals surface area contributed by atoms with E-state index in [1.54, 1.807) is 4.68 Å². The summed E-state index contributed by atoms with van der Waals surface area (Å²) in [5, 5.41) is 4.70. The predicted molar refractivity (Wildman–Crippen MR) is 99.2 cm³/mol. The van der Waals surface area contributed by atoms with Crippen LogP contribution in [0.25, 0.3) is 11.0 Å². The molecule has 3 heterocycles. The third-order valence-electron chi connectivity index (χ3n) is 5.52. The minimum Gasteiger partial charge on any atom is -0.375 e. The van der Waals surface area contributed by atoms with Crippen LogP contribution in [-0.4, -0.2) is 37.9 Å². The van der Waals surface area contributed by atoms with Gasteiger partial charge in [-0.2, -0.15) is 5.10 Å². The maximum absolute atomic E-state index is 13.4. The van der Waals surface area contributed by atoms with Crippen molar-refractivity contribution >= 4 is 11.0 Å². The molecular weight excluding hydrogens is 354 g/mol.